The van der Waals surface area contributed by atoms with E-state index in [2.05, 4.69) is 28.3 Å². The minimum atomic E-state index is -0.213. The lowest BCUT2D eigenvalue weighted by Gasteiger charge is -2.15. The summed E-state index contributed by atoms with van der Waals surface area (Å²) in [5.74, 6) is 7.22. The molecule has 0 radical (unpaired) electrons. The van der Waals surface area contributed by atoms with Gasteiger partial charge in [-0.15, -0.1) is 0 Å². The lowest BCUT2D eigenvalue weighted by Crippen LogP contribution is -2.28. The van der Waals surface area contributed by atoms with Crippen LogP contribution in [0, 0.1) is 0 Å². The fraction of sp³-hybridized carbons (Fsp3) is 0.286. The first kappa shape index (κ1) is 14.1. The molecule has 0 spiro atoms. The second-order valence-electron chi connectivity index (χ2n) is 4.15. The second kappa shape index (κ2) is 6.75. The second-order valence-corrected chi connectivity index (χ2v) is 5.01. The summed E-state index contributed by atoms with van der Waals surface area (Å²) >= 11 is 3.44. The SMILES string of the molecule is CCCOc1cccc(C(NN)c2occc2Br)c1. The third-order valence-electron chi connectivity index (χ3n) is 2.74. The molecule has 1 aromatic carbocycles. The van der Waals surface area contributed by atoms with E-state index in [0.717, 1.165) is 28.0 Å². The Kier molecular flexibility index (Phi) is 5.01. The van der Waals surface area contributed by atoms with Crippen molar-refractivity contribution in [3.8, 4) is 5.75 Å². The maximum absolute atomic E-state index is 5.64. The van der Waals surface area contributed by atoms with E-state index in [1.54, 1.807) is 6.26 Å². The highest BCUT2D eigenvalue weighted by Gasteiger charge is 2.19. The minimum Gasteiger partial charge on any atom is -0.494 e. The summed E-state index contributed by atoms with van der Waals surface area (Å²) in [6.45, 7) is 2.78. The van der Waals surface area contributed by atoms with Crippen LogP contribution in [0.2, 0.25) is 0 Å². The van der Waals surface area contributed by atoms with E-state index >= 15 is 0 Å². The number of furan rings is 1. The largest absolute Gasteiger partial charge is 0.494 e. The third kappa shape index (κ3) is 3.37. The van der Waals surface area contributed by atoms with Crippen LogP contribution in [-0.2, 0) is 0 Å². The summed E-state index contributed by atoms with van der Waals surface area (Å²) in [6.07, 6.45) is 2.60. The normalized spacial score (nSPS) is 12.4. The number of nitrogens with two attached hydrogens (primary N) is 1. The first-order chi connectivity index (χ1) is 9.26. The fourth-order valence-electron chi connectivity index (χ4n) is 1.84. The zero-order valence-corrected chi connectivity index (χ0v) is 12.3. The maximum atomic E-state index is 5.64. The number of hydrogen-bond donors (Lipinski definition) is 2. The molecule has 0 amide bonds. The number of ether oxygens (including phenoxy) is 1. The molecule has 19 heavy (non-hydrogen) atoms. The van der Waals surface area contributed by atoms with Crippen LogP contribution in [0.1, 0.15) is 30.7 Å². The first-order valence-corrected chi connectivity index (χ1v) is 6.97. The van der Waals surface area contributed by atoms with Crippen molar-refractivity contribution < 1.29 is 9.15 Å². The van der Waals surface area contributed by atoms with Crippen LogP contribution in [0.3, 0.4) is 0 Å². The molecule has 0 bridgehead atoms. The smallest absolute Gasteiger partial charge is 0.140 e. The van der Waals surface area contributed by atoms with Gasteiger partial charge in [-0.05, 0) is 46.1 Å². The molecule has 1 atom stereocenters. The van der Waals surface area contributed by atoms with E-state index in [-0.39, 0.29) is 6.04 Å². The average molecular weight is 325 g/mol. The van der Waals surface area contributed by atoms with E-state index in [0.29, 0.717) is 6.61 Å². The molecule has 0 aliphatic rings. The molecule has 1 aromatic heterocycles. The van der Waals surface area contributed by atoms with Gasteiger partial charge in [-0.2, -0.15) is 0 Å². The van der Waals surface area contributed by atoms with Crippen molar-refractivity contribution in [1.29, 1.82) is 0 Å². The van der Waals surface area contributed by atoms with Gasteiger partial charge in [0.05, 0.1) is 17.3 Å². The molecule has 1 unspecified atom stereocenters. The van der Waals surface area contributed by atoms with Crippen LogP contribution in [0.15, 0.2) is 45.5 Å². The van der Waals surface area contributed by atoms with Gasteiger partial charge in [-0.1, -0.05) is 19.1 Å². The van der Waals surface area contributed by atoms with Crippen LogP contribution in [-0.4, -0.2) is 6.61 Å². The average Bonchev–Trinajstić information content (AvgIpc) is 2.84. The number of hydrazine groups is 1. The predicted molar refractivity (Wildman–Crippen MR) is 77.8 cm³/mol. The summed E-state index contributed by atoms with van der Waals surface area (Å²) in [6, 6.07) is 9.46. The molecule has 0 saturated heterocycles. The van der Waals surface area contributed by atoms with Crippen molar-refractivity contribution in [1.82, 2.24) is 5.43 Å². The molecule has 0 saturated carbocycles. The van der Waals surface area contributed by atoms with E-state index in [4.69, 9.17) is 15.0 Å². The fourth-order valence-corrected chi connectivity index (χ4v) is 2.27. The topological polar surface area (TPSA) is 60.4 Å². The van der Waals surface area contributed by atoms with Crippen molar-refractivity contribution in [2.24, 2.45) is 5.84 Å². The molecular formula is C14H17BrN2O2. The van der Waals surface area contributed by atoms with Gasteiger partial charge >= 0.3 is 0 Å². The Bertz CT molecular complexity index is 528. The van der Waals surface area contributed by atoms with E-state index < -0.39 is 0 Å². The number of nitrogens with one attached hydrogen (secondary N) is 1. The monoisotopic (exact) mass is 324 g/mol. The Morgan fingerprint density at radius 1 is 1.42 bits per heavy atom. The quantitative estimate of drug-likeness (QED) is 0.631. The molecule has 3 N–H and O–H groups in total. The first-order valence-electron chi connectivity index (χ1n) is 6.18. The lowest BCUT2D eigenvalue weighted by molar-refractivity contribution is 0.316. The highest BCUT2D eigenvalue weighted by atomic mass is 79.9. The summed E-state index contributed by atoms with van der Waals surface area (Å²) in [5, 5.41) is 0. The Morgan fingerprint density at radius 3 is 2.89 bits per heavy atom. The van der Waals surface area contributed by atoms with Crippen LogP contribution >= 0.6 is 15.9 Å². The van der Waals surface area contributed by atoms with Gasteiger partial charge in [-0.25, -0.2) is 5.43 Å². The standard InChI is InChI=1S/C14H17BrN2O2/c1-2-7-18-11-5-3-4-10(9-11)13(17-16)14-12(15)6-8-19-14/h3-6,8-9,13,17H,2,7,16H2,1H3. The van der Waals surface area contributed by atoms with Crippen molar-refractivity contribution in [3.63, 3.8) is 0 Å². The van der Waals surface area contributed by atoms with Gasteiger partial charge in [0.25, 0.3) is 0 Å². The van der Waals surface area contributed by atoms with Crippen molar-refractivity contribution in [2.45, 2.75) is 19.4 Å². The minimum absolute atomic E-state index is 0.213. The molecule has 1 heterocycles. The molecule has 2 aromatic rings. The molecule has 0 aliphatic carbocycles. The maximum Gasteiger partial charge on any atom is 0.140 e. The van der Waals surface area contributed by atoms with Gasteiger partial charge < -0.3 is 9.15 Å². The van der Waals surface area contributed by atoms with Crippen molar-refractivity contribution in [3.05, 3.63) is 52.4 Å². The Balaban J connectivity index is 2.26. The number of hydrogen-bond acceptors (Lipinski definition) is 4. The number of rotatable bonds is 6. The van der Waals surface area contributed by atoms with Crippen molar-refractivity contribution in [2.75, 3.05) is 6.61 Å². The number of benzene rings is 1. The Morgan fingerprint density at radius 2 is 2.26 bits per heavy atom. The summed E-state index contributed by atoms with van der Waals surface area (Å²) in [5.41, 5.74) is 3.76. The Hall–Kier alpha value is -1.30. The van der Waals surface area contributed by atoms with Gasteiger partial charge in [0, 0.05) is 0 Å². The van der Waals surface area contributed by atoms with Crippen LogP contribution in [0.4, 0.5) is 0 Å². The molecule has 2 rings (SSSR count). The Labute approximate surface area is 121 Å². The summed E-state index contributed by atoms with van der Waals surface area (Å²) < 4.78 is 12.0. The summed E-state index contributed by atoms with van der Waals surface area (Å²) in [4.78, 5) is 0. The van der Waals surface area contributed by atoms with E-state index in [1.807, 2.05) is 30.3 Å². The van der Waals surface area contributed by atoms with Gasteiger partial charge in [0.2, 0.25) is 0 Å². The zero-order chi connectivity index (χ0) is 13.7. The molecular weight excluding hydrogens is 308 g/mol. The highest BCUT2D eigenvalue weighted by molar-refractivity contribution is 9.10. The molecule has 102 valence electrons. The summed E-state index contributed by atoms with van der Waals surface area (Å²) in [7, 11) is 0. The van der Waals surface area contributed by atoms with Gasteiger partial charge in [0.15, 0.2) is 0 Å². The number of halogens is 1. The van der Waals surface area contributed by atoms with Crippen LogP contribution in [0.5, 0.6) is 5.75 Å². The van der Waals surface area contributed by atoms with Gasteiger partial charge in [0.1, 0.15) is 17.6 Å². The van der Waals surface area contributed by atoms with Gasteiger partial charge in [-0.3, -0.25) is 5.84 Å². The van der Waals surface area contributed by atoms with E-state index in [1.165, 1.54) is 0 Å². The lowest BCUT2D eigenvalue weighted by atomic mass is 10.1. The van der Waals surface area contributed by atoms with Crippen molar-refractivity contribution >= 4 is 15.9 Å². The zero-order valence-electron chi connectivity index (χ0n) is 10.7. The van der Waals surface area contributed by atoms with E-state index in [9.17, 15) is 0 Å². The van der Waals surface area contributed by atoms with Crippen LogP contribution < -0.4 is 16.0 Å². The third-order valence-corrected chi connectivity index (χ3v) is 3.39. The van der Waals surface area contributed by atoms with Crippen LogP contribution in [0.25, 0.3) is 0 Å². The highest BCUT2D eigenvalue weighted by Crippen LogP contribution is 2.30. The molecule has 5 heteroatoms. The predicted octanol–water partition coefficient (Wildman–Crippen LogP) is 3.38. The molecule has 0 fully saturated rings. The molecule has 0 aliphatic heterocycles. The molecule has 4 nitrogen and oxygen atoms in total.